The van der Waals surface area contributed by atoms with Crippen molar-refractivity contribution in [3.8, 4) is 11.5 Å². The van der Waals surface area contributed by atoms with Gasteiger partial charge in [0.1, 0.15) is 17.3 Å². The van der Waals surface area contributed by atoms with Crippen molar-refractivity contribution in [2.75, 3.05) is 19.1 Å². The van der Waals surface area contributed by atoms with E-state index in [1.807, 2.05) is 24.0 Å². The molecule has 0 saturated carbocycles. The van der Waals surface area contributed by atoms with Gasteiger partial charge in [-0.2, -0.15) is 0 Å². The number of nitrogens with zero attached hydrogens (tertiary/aromatic N) is 1. The Morgan fingerprint density at radius 3 is 2.16 bits per heavy atom. The minimum Gasteiger partial charge on any atom is -0.493 e. The van der Waals surface area contributed by atoms with Crippen molar-refractivity contribution >= 4 is 29.1 Å². The normalized spacial score (nSPS) is 21.0. The molecule has 7 heteroatoms. The Hall–Kier alpha value is -5.04. The highest BCUT2D eigenvalue weighted by atomic mass is 19.1. The molecule has 214 valence electrons. The number of carbonyl (C=O) groups excluding carboxylic acids is 3. The van der Waals surface area contributed by atoms with Gasteiger partial charge >= 0.3 is 0 Å². The number of methoxy groups -OCH3 is 2. The molecule has 1 saturated heterocycles. The molecule has 7 rings (SSSR count). The summed E-state index contributed by atoms with van der Waals surface area (Å²) in [5.41, 5.74) is 2.17. The van der Waals surface area contributed by atoms with Crippen LogP contribution in [-0.2, 0) is 0 Å². The Bertz CT molecular complexity index is 1830. The summed E-state index contributed by atoms with van der Waals surface area (Å²) in [6.07, 6.45) is 3.52. The van der Waals surface area contributed by atoms with Gasteiger partial charge in [0, 0.05) is 33.9 Å². The van der Waals surface area contributed by atoms with E-state index in [1.165, 1.54) is 26.4 Å². The number of rotatable bonds is 5. The third-order valence-electron chi connectivity index (χ3n) is 9.14. The number of ether oxygens (including phenoxy) is 2. The molecule has 1 fully saturated rings. The molecule has 1 aliphatic carbocycles. The Morgan fingerprint density at radius 2 is 1.51 bits per heavy atom. The van der Waals surface area contributed by atoms with Crippen LogP contribution in [0.3, 0.4) is 0 Å². The first-order valence-electron chi connectivity index (χ1n) is 14.1. The maximum absolute atomic E-state index is 14.8. The SMILES string of the molecule is COc1ccc([C@@H]2[C@@H](C(=O)c3ccc(C)cc3)N3c4ccc(F)cc4C=C[C@H]3C23C(=O)c2ccccc2C3=O)cc1OC. The van der Waals surface area contributed by atoms with Crippen molar-refractivity contribution in [3.63, 3.8) is 0 Å². The largest absolute Gasteiger partial charge is 0.493 e. The van der Waals surface area contributed by atoms with E-state index in [1.54, 1.807) is 72.8 Å². The molecule has 2 heterocycles. The van der Waals surface area contributed by atoms with Crippen LogP contribution in [0.1, 0.15) is 53.7 Å². The molecule has 0 N–H and O–H groups in total. The van der Waals surface area contributed by atoms with E-state index in [2.05, 4.69) is 0 Å². The molecule has 2 aliphatic heterocycles. The maximum Gasteiger partial charge on any atom is 0.185 e. The van der Waals surface area contributed by atoms with Gasteiger partial charge in [0.2, 0.25) is 0 Å². The molecule has 1 spiro atoms. The third kappa shape index (κ3) is 3.67. The molecule has 0 amide bonds. The van der Waals surface area contributed by atoms with Crippen LogP contribution in [0.5, 0.6) is 11.5 Å². The van der Waals surface area contributed by atoms with Crippen molar-refractivity contribution in [1.29, 1.82) is 0 Å². The molecule has 0 aromatic heterocycles. The van der Waals surface area contributed by atoms with E-state index in [9.17, 15) is 18.8 Å². The van der Waals surface area contributed by atoms with Crippen molar-refractivity contribution in [3.05, 3.63) is 130 Å². The zero-order valence-corrected chi connectivity index (χ0v) is 23.8. The van der Waals surface area contributed by atoms with E-state index in [4.69, 9.17) is 9.47 Å². The first kappa shape index (κ1) is 26.8. The minimum absolute atomic E-state index is 0.246. The number of halogens is 1. The molecule has 3 atom stereocenters. The monoisotopic (exact) mass is 573 g/mol. The van der Waals surface area contributed by atoms with Crippen LogP contribution in [0, 0.1) is 18.2 Å². The Balaban J connectivity index is 1.55. The van der Waals surface area contributed by atoms with E-state index in [0.29, 0.717) is 45.0 Å². The fourth-order valence-electron chi connectivity index (χ4n) is 7.26. The zero-order chi connectivity index (χ0) is 30.0. The molecule has 4 aromatic carbocycles. The predicted molar refractivity (Wildman–Crippen MR) is 161 cm³/mol. The number of anilines is 1. The number of Topliss-reactive ketones (excluding diaryl/α,β-unsaturated/α-hetero) is 3. The van der Waals surface area contributed by atoms with Gasteiger partial charge in [-0.3, -0.25) is 14.4 Å². The lowest BCUT2D eigenvalue weighted by atomic mass is 9.64. The molecule has 4 aromatic rings. The summed E-state index contributed by atoms with van der Waals surface area (Å²) in [5, 5.41) is 0. The van der Waals surface area contributed by atoms with Crippen molar-refractivity contribution in [1.82, 2.24) is 0 Å². The molecule has 43 heavy (non-hydrogen) atoms. The fraction of sp³-hybridized carbons (Fsp3) is 0.194. The summed E-state index contributed by atoms with van der Waals surface area (Å²) < 4.78 is 25.6. The number of ketones is 3. The van der Waals surface area contributed by atoms with Crippen molar-refractivity contribution in [2.24, 2.45) is 5.41 Å². The summed E-state index contributed by atoms with van der Waals surface area (Å²) in [5.74, 6) is -1.37. The fourth-order valence-corrected chi connectivity index (χ4v) is 7.26. The first-order chi connectivity index (χ1) is 20.8. The lowest BCUT2D eigenvalue weighted by molar-refractivity contribution is 0.0665. The van der Waals surface area contributed by atoms with Gasteiger partial charge in [-0.15, -0.1) is 0 Å². The maximum atomic E-state index is 14.8. The highest BCUT2D eigenvalue weighted by Gasteiger charge is 2.71. The van der Waals surface area contributed by atoms with Crippen molar-refractivity contribution in [2.45, 2.75) is 24.9 Å². The van der Waals surface area contributed by atoms with E-state index in [0.717, 1.165) is 5.56 Å². The first-order valence-corrected chi connectivity index (χ1v) is 14.1. The van der Waals surface area contributed by atoms with E-state index >= 15 is 0 Å². The van der Waals surface area contributed by atoms with Crippen LogP contribution >= 0.6 is 0 Å². The molecular weight excluding hydrogens is 545 g/mol. The van der Waals surface area contributed by atoms with Crippen LogP contribution in [0.2, 0.25) is 0 Å². The molecule has 0 unspecified atom stereocenters. The van der Waals surface area contributed by atoms with Gasteiger partial charge in [0.15, 0.2) is 28.8 Å². The van der Waals surface area contributed by atoms with Crippen LogP contribution in [0.4, 0.5) is 10.1 Å². The number of fused-ring (bicyclic) bond motifs is 5. The number of aryl methyl sites for hydroxylation is 1. The van der Waals surface area contributed by atoms with Crippen LogP contribution in [-0.4, -0.2) is 43.7 Å². The summed E-state index contributed by atoms with van der Waals surface area (Å²) in [6.45, 7) is 1.94. The zero-order valence-electron chi connectivity index (χ0n) is 23.8. The Morgan fingerprint density at radius 1 is 0.837 bits per heavy atom. The number of benzene rings is 4. The summed E-state index contributed by atoms with van der Waals surface area (Å²) in [4.78, 5) is 46.1. The lowest BCUT2D eigenvalue weighted by Gasteiger charge is -2.37. The molecule has 0 radical (unpaired) electrons. The smallest absolute Gasteiger partial charge is 0.185 e. The van der Waals surface area contributed by atoms with Crippen LogP contribution < -0.4 is 14.4 Å². The molecule has 3 aliphatic rings. The number of carbonyl (C=O) groups is 3. The van der Waals surface area contributed by atoms with Gasteiger partial charge < -0.3 is 14.4 Å². The lowest BCUT2D eigenvalue weighted by Crippen LogP contribution is -2.48. The van der Waals surface area contributed by atoms with Gasteiger partial charge in [0.05, 0.1) is 20.3 Å². The van der Waals surface area contributed by atoms with Crippen LogP contribution in [0.25, 0.3) is 6.08 Å². The van der Waals surface area contributed by atoms with Gasteiger partial charge in [-0.25, -0.2) is 4.39 Å². The Labute approximate surface area is 248 Å². The Kier molecular flexibility index (Phi) is 6.09. The van der Waals surface area contributed by atoms with Gasteiger partial charge in [-0.05, 0) is 42.8 Å². The number of hydrogen-bond acceptors (Lipinski definition) is 6. The standard InChI is InChI=1S/C36H28FNO5/c1-20-8-10-21(11-9-20)33(39)32-31(23-12-16-28(42-2)29(19-23)43-3)36(34(40)25-6-4-5-7-26(25)35(36)41)30-17-13-22-18-24(37)14-15-27(22)38(30)32/h4-19,30-32H,1-3H3/t30-,31+,32-/m0/s1. The van der Waals surface area contributed by atoms with Crippen molar-refractivity contribution < 1.29 is 28.2 Å². The third-order valence-corrected chi connectivity index (χ3v) is 9.14. The second-order valence-corrected chi connectivity index (χ2v) is 11.3. The quantitative estimate of drug-likeness (QED) is 0.201. The van der Waals surface area contributed by atoms with E-state index in [-0.39, 0.29) is 17.3 Å². The van der Waals surface area contributed by atoms with E-state index < -0.39 is 29.2 Å². The number of hydrogen-bond donors (Lipinski definition) is 0. The minimum atomic E-state index is -1.67. The second kappa shape index (κ2) is 9.76. The molecule has 6 nitrogen and oxygen atoms in total. The highest BCUT2D eigenvalue weighted by molar-refractivity contribution is 6.32. The van der Waals surface area contributed by atoms with Gasteiger partial charge in [0.25, 0.3) is 0 Å². The molecule has 0 bridgehead atoms. The topological polar surface area (TPSA) is 72.9 Å². The average Bonchev–Trinajstić information content (AvgIpc) is 3.46. The summed E-state index contributed by atoms with van der Waals surface area (Å²) >= 11 is 0. The second-order valence-electron chi connectivity index (χ2n) is 11.3. The van der Waals surface area contributed by atoms with Crippen LogP contribution in [0.15, 0.2) is 91.0 Å². The predicted octanol–water partition coefficient (Wildman–Crippen LogP) is 6.47. The summed E-state index contributed by atoms with van der Waals surface area (Å²) in [6, 6.07) is 21.9. The average molecular weight is 574 g/mol. The molecular formula is C36H28FNO5. The van der Waals surface area contributed by atoms with Gasteiger partial charge in [-0.1, -0.05) is 72.3 Å². The summed E-state index contributed by atoms with van der Waals surface area (Å²) in [7, 11) is 3.04. The highest BCUT2D eigenvalue weighted by Crippen LogP contribution is 2.61.